The maximum atomic E-state index is 6.37. The fraction of sp³-hybridized carbons (Fsp3) is 0.412. The third-order valence-electron chi connectivity index (χ3n) is 3.37. The van der Waals surface area contributed by atoms with Crippen molar-refractivity contribution < 1.29 is 4.42 Å². The molecule has 102 valence electrons. The first-order valence-corrected chi connectivity index (χ1v) is 6.88. The summed E-state index contributed by atoms with van der Waals surface area (Å²) in [6.07, 6.45) is 1.09. The quantitative estimate of drug-likeness (QED) is 0.894. The first-order valence-electron chi connectivity index (χ1n) is 6.88. The van der Waals surface area contributed by atoms with Crippen LogP contribution in [0.1, 0.15) is 48.1 Å². The van der Waals surface area contributed by atoms with E-state index >= 15 is 0 Å². The van der Waals surface area contributed by atoms with Gasteiger partial charge in [-0.25, -0.2) is 0 Å². The predicted molar refractivity (Wildman–Crippen MR) is 79.2 cm³/mol. The molecule has 0 aliphatic carbocycles. The highest BCUT2D eigenvalue weighted by molar-refractivity contribution is 5.36. The van der Waals surface area contributed by atoms with E-state index in [1.54, 1.807) is 0 Å². The van der Waals surface area contributed by atoms with Gasteiger partial charge < -0.3 is 10.2 Å². The Kier molecular flexibility index (Phi) is 4.11. The van der Waals surface area contributed by atoms with Gasteiger partial charge in [0.2, 0.25) is 0 Å². The standard InChI is InChI=1S/C17H23NO/c1-11(2)8-14-6-5-7-15(10-14)17(18)16-9-12(3)19-13(16)4/h5-7,9-11,17H,8,18H2,1-4H3. The van der Waals surface area contributed by atoms with Gasteiger partial charge in [0.25, 0.3) is 0 Å². The Morgan fingerprint density at radius 2 is 1.89 bits per heavy atom. The second-order valence-corrected chi connectivity index (χ2v) is 5.69. The molecule has 1 atom stereocenters. The van der Waals surface area contributed by atoms with E-state index in [1.165, 1.54) is 5.56 Å². The molecule has 2 heteroatoms. The van der Waals surface area contributed by atoms with E-state index in [-0.39, 0.29) is 6.04 Å². The predicted octanol–water partition coefficient (Wildman–Crippen LogP) is 4.14. The molecule has 0 spiro atoms. The average molecular weight is 257 g/mol. The van der Waals surface area contributed by atoms with Crippen LogP contribution in [0.4, 0.5) is 0 Å². The summed E-state index contributed by atoms with van der Waals surface area (Å²) in [4.78, 5) is 0. The van der Waals surface area contributed by atoms with Crippen LogP contribution in [0.3, 0.4) is 0 Å². The lowest BCUT2D eigenvalue weighted by Crippen LogP contribution is -2.12. The van der Waals surface area contributed by atoms with Crippen LogP contribution in [-0.4, -0.2) is 0 Å². The molecule has 0 bridgehead atoms. The Hall–Kier alpha value is -1.54. The van der Waals surface area contributed by atoms with Gasteiger partial charge in [0.1, 0.15) is 11.5 Å². The molecule has 0 aliphatic heterocycles. The fourth-order valence-corrected chi connectivity index (χ4v) is 2.52. The van der Waals surface area contributed by atoms with E-state index in [9.17, 15) is 0 Å². The van der Waals surface area contributed by atoms with Gasteiger partial charge in [-0.15, -0.1) is 0 Å². The lowest BCUT2D eigenvalue weighted by molar-refractivity contribution is 0.499. The smallest absolute Gasteiger partial charge is 0.106 e. The van der Waals surface area contributed by atoms with Gasteiger partial charge in [-0.1, -0.05) is 38.1 Å². The van der Waals surface area contributed by atoms with E-state index in [2.05, 4.69) is 38.1 Å². The van der Waals surface area contributed by atoms with Crippen molar-refractivity contribution >= 4 is 0 Å². The molecule has 2 aromatic rings. The number of rotatable bonds is 4. The molecule has 0 radical (unpaired) electrons. The van der Waals surface area contributed by atoms with Crippen LogP contribution in [0, 0.1) is 19.8 Å². The van der Waals surface area contributed by atoms with Crippen molar-refractivity contribution in [3.63, 3.8) is 0 Å². The zero-order valence-corrected chi connectivity index (χ0v) is 12.2. The van der Waals surface area contributed by atoms with E-state index in [0.717, 1.165) is 29.1 Å². The molecular formula is C17H23NO. The lowest BCUT2D eigenvalue weighted by atomic mass is 9.95. The molecule has 0 aliphatic rings. The molecule has 2 nitrogen and oxygen atoms in total. The van der Waals surface area contributed by atoms with Crippen LogP contribution in [0.25, 0.3) is 0 Å². The van der Waals surface area contributed by atoms with Crippen molar-refractivity contribution in [3.05, 3.63) is 58.5 Å². The molecule has 2 rings (SSSR count). The van der Waals surface area contributed by atoms with Gasteiger partial charge in [0, 0.05) is 5.56 Å². The maximum Gasteiger partial charge on any atom is 0.106 e. The topological polar surface area (TPSA) is 39.2 Å². The summed E-state index contributed by atoms with van der Waals surface area (Å²) in [7, 11) is 0. The van der Waals surface area contributed by atoms with Gasteiger partial charge in [-0.2, -0.15) is 0 Å². The summed E-state index contributed by atoms with van der Waals surface area (Å²) in [6, 6.07) is 10.5. The summed E-state index contributed by atoms with van der Waals surface area (Å²) < 4.78 is 5.57. The van der Waals surface area contributed by atoms with Gasteiger partial charge in [-0.05, 0) is 43.4 Å². The van der Waals surface area contributed by atoms with Gasteiger partial charge in [-0.3, -0.25) is 0 Å². The Bertz CT molecular complexity index is 554. The molecule has 0 saturated heterocycles. The highest BCUT2D eigenvalue weighted by Gasteiger charge is 2.15. The summed E-state index contributed by atoms with van der Waals surface area (Å²) in [5.74, 6) is 2.49. The van der Waals surface area contributed by atoms with Crippen molar-refractivity contribution in [2.75, 3.05) is 0 Å². The third-order valence-corrected chi connectivity index (χ3v) is 3.37. The van der Waals surface area contributed by atoms with Gasteiger partial charge in [0.05, 0.1) is 6.04 Å². The number of aryl methyl sites for hydroxylation is 2. The van der Waals surface area contributed by atoms with Crippen LogP contribution in [0.15, 0.2) is 34.7 Å². The Labute approximate surface area is 115 Å². The fourth-order valence-electron chi connectivity index (χ4n) is 2.52. The van der Waals surface area contributed by atoms with E-state index in [0.29, 0.717) is 5.92 Å². The van der Waals surface area contributed by atoms with E-state index < -0.39 is 0 Å². The largest absolute Gasteiger partial charge is 0.466 e. The number of furan rings is 1. The Morgan fingerprint density at radius 1 is 1.16 bits per heavy atom. The maximum absolute atomic E-state index is 6.37. The van der Waals surface area contributed by atoms with Crippen molar-refractivity contribution in [1.82, 2.24) is 0 Å². The van der Waals surface area contributed by atoms with Crippen molar-refractivity contribution in [1.29, 1.82) is 0 Å². The molecule has 19 heavy (non-hydrogen) atoms. The van der Waals surface area contributed by atoms with Crippen LogP contribution in [-0.2, 0) is 6.42 Å². The molecule has 1 heterocycles. The van der Waals surface area contributed by atoms with Crippen molar-refractivity contribution in [2.45, 2.75) is 40.2 Å². The van der Waals surface area contributed by atoms with Gasteiger partial charge in [0.15, 0.2) is 0 Å². The molecule has 0 fully saturated rings. The monoisotopic (exact) mass is 257 g/mol. The number of nitrogens with two attached hydrogens (primary N) is 1. The van der Waals surface area contributed by atoms with Crippen LogP contribution in [0.5, 0.6) is 0 Å². The van der Waals surface area contributed by atoms with Crippen molar-refractivity contribution in [2.24, 2.45) is 11.7 Å². The molecule has 1 aromatic heterocycles. The summed E-state index contributed by atoms with van der Waals surface area (Å²) in [6.45, 7) is 8.39. The molecule has 0 saturated carbocycles. The second kappa shape index (κ2) is 5.62. The summed E-state index contributed by atoms with van der Waals surface area (Å²) >= 11 is 0. The normalized spacial score (nSPS) is 12.9. The molecule has 1 unspecified atom stereocenters. The highest BCUT2D eigenvalue weighted by atomic mass is 16.3. The third kappa shape index (κ3) is 3.27. The first-order chi connectivity index (χ1) is 8.97. The van der Waals surface area contributed by atoms with Crippen molar-refractivity contribution in [3.8, 4) is 0 Å². The number of hydrogen-bond donors (Lipinski definition) is 1. The van der Waals surface area contributed by atoms with E-state index in [1.807, 2.05) is 19.9 Å². The number of benzene rings is 1. The van der Waals surface area contributed by atoms with Crippen LogP contribution in [0.2, 0.25) is 0 Å². The minimum Gasteiger partial charge on any atom is -0.466 e. The average Bonchev–Trinajstić information content (AvgIpc) is 2.67. The number of hydrogen-bond acceptors (Lipinski definition) is 2. The van der Waals surface area contributed by atoms with E-state index in [4.69, 9.17) is 10.2 Å². The highest BCUT2D eigenvalue weighted by Crippen LogP contribution is 2.26. The second-order valence-electron chi connectivity index (χ2n) is 5.69. The molecule has 0 amide bonds. The molecule has 2 N–H and O–H groups in total. The Balaban J connectivity index is 2.28. The SMILES string of the molecule is Cc1cc(C(N)c2cccc(CC(C)C)c2)c(C)o1. The lowest BCUT2D eigenvalue weighted by Gasteiger charge is -2.13. The van der Waals surface area contributed by atoms with Gasteiger partial charge >= 0.3 is 0 Å². The van der Waals surface area contributed by atoms with Crippen LogP contribution < -0.4 is 5.73 Å². The molecule has 1 aromatic carbocycles. The Morgan fingerprint density at radius 3 is 2.47 bits per heavy atom. The molecular weight excluding hydrogens is 234 g/mol. The summed E-state index contributed by atoms with van der Waals surface area (Å²) in [5, 5.41) is 0. The zero-order chi connectivity index (χ0) is 14.0. The first kappa shape index (κ1) is 13.9. The van der Waals surface area contributed by atoms with Crippen LogP contribution >= 0.6 is 0 Å². The minimum atomic E-state index is -0.107. The zero-order valence-electron chi connectivity index (χ0n) is 12.2. The summed E-state index contributed by atoms with van der Waals surface area (Å²) in [5.41, 5.74) is 9.96. The minimum absolute atomic E-state index is 0.107.